The van der Waals surface area contributed by atoms with Gasteiger partial charge in [-0.3, -0.25) is 0 Å². The summed E-state index contributed by atoms with van der Waals surface area (Å²) in [6.45, 7) is 6.70. The molecule has 0 radical (unpaired) electrons. The summed E-state index contributed by atoms with van der Waals surface area (Å²) in [5, 5.41) is 5.53. The van der Waals surface area contributed by atoms with Crippen LogP contribution < -0.4 is 5.32 Å². The maximum Gasteiger partial charge on any atom is 0.0170 e. The Balaban J connectivity index is 2.73. The summed E-state index contributed by atoms with van der Waals surface area (Å²) in [5.41, 5.74) is 1.72. The average molecular weight is 197 g/mol. The van der Waals surface area contributed by atoms with Gasteiger partial charge in [0.15, 0.2) is 0 Å². The summed E-state index contributed by atoms with van der Waals surface area (Å²) in [4.78, 5) is 1.53. The fraction of sp³-hybridized carbons (Fsp3) is 0.636. The van der Waals surface area contributed by atoms with Gasteiger partial charge in [0.25, 0.3) is 0 Å². The van der Waals surface area contributed by atoms with Crippen LogP contribution in [0.5, 0.6) is 0 Å². The Hall–Kier alpha value is -0.340. The zero-order valence-corrected chi connectivity index (χ0v) is 9.79. The molecule has 0 atom stereocenters. The third kappa shape index (κ3) is 2.82. The minimum Gasteiger partial charge on any atom is -0.314 e. The van der Waals surface area contributed by atoms with E-state index in [9.17, 15) is 0 Å². The van der Waals surface area contributed by atoms with Gasteiger partial charge in [-0.1, -0.05) is 6.92 Å². The summed E-state index contributed by atoms with van der Waals surface area (Å²) in [5.74, 6) is 0. The van der Waals surface area contributed by atoms with Gasteiger partial charge in [0.05, 0.1) is 0 Å². The van der Waals surface area contributed by atoms with Crippen molar-refractivity contribution in [3.05, 3.63) is 21.9 Å². The number of hydrogen-bond acceptors (Lipinski definition) is 2. The van der Waals surface area contributed by atoms with E-state index in [-0.39, 0.29) is 5.54 Å². The van der Waals surface area contributed by atoms with E-state index in [1.54, 1.807) is 0 Å². The minimum absolute atomic E-state index is 0.217. The lowest BCUT2D eigenvalue weighted by Crippen LogP contribution is -2.38. The van der Waals surface area contributed by atoms with Crippen LogP contribution in [0.2, 0.25) is 0 Å². The van der Waals surface area contributed by atoms with Crippen molar-refractivity contribution >= 4 is 11.3 Å². The van der Waals surface area contributed by atoms with Crippen LogP contribution in [0.15, 0.2) is 11.4 Å². The second-order valence-electron chi connectivity index (χ2n) is 4.03. The molecule has 0 amide bonds. The maximum absolute atomic E-state index is 3.34. The van der Waals surface area contributed by atoms with E-state index in [1.165, 1.54) is 10.4 Å². The van der Waals surface area contributed by atoms with Crippen LogP contribution in [0.1, 0.15) is 31.2 Å². The summed E-state index contributed by atoms with van der Waals surface area (Å²) in [6.07, 6.45) is 2.28. The lowest BCUT2D eigenvalue weighted by Gasteiger charge is -2.23. The summed E-state index contributed by atoms with van der Waals surface area (Å²) in [7, 11) is 2.03. The molecule has 0 aromatic carbocycles. The zero-order chi connectivity index (χ0) is 9.90. The van der Waals surface area contributed by atoms with Gasteiger partial charge in [-0.05, 0) is 50.7 Å². The highest BCUT2D eigenvalue weighted by molar-refractivity contribution is 7.10. The Morgan fingerprint density at radius 2 is 2.15 bits per heavy atom. The summed E-state index contributed by atoms with van der Waals surface area (Å²) < 4.78 is 0. The number of hydrogen-bond donors (Lipinski definition) is 1. The Labute approximate surface area is 85.2 Å². The van der Waals surface area contributed by atoms with E-state index in [4.69, 9.17) is 0 Å². The van der Waals surface area contributed by atoms with Crippen molar-refractivity contribution in [2.45, 2.75) is 39.2 Å². The second-order valence-corrected chi connectivity index (χ2v) is 5.03. The van der Waals surface area contributed by atoms with Crippen LogP contribution in [0.3, 0.4) is 0 Å². The van der Waals surface area contributed by atoms with E-state index in [1.807, 2.05) is 18.4 Å². The molecule has 0 bridgehead atoms. The van der Waals surface area contributed by atoms with E-state index < -0.39 is 0 Å². The van der Waals surface area contributed by atoms with Crippen LogP contribution in [-0.4, -0.2) is 12.6 Å². The number of aryl methyl sites for hydroxylation is 1. The predicted molar refractivity (Wildman–Crippen MR) is 60.5 cm³/mol. The first-order chi connectivity index (χ1) is 6.09. The van der Waals surface area contributed by atoms with Gasteiger partial charge in [0.1, 0.15) is 0 Å². The van der Waals surface area contributed by atoms with Crippen LogP contribution in [-0.2, 0) is 12.8 Å². The molecule has 1 aromatic rings. The van der Waals surface area contributed by atoms with Crippen LogP contribution in [0.25, 0.3) is 0 Å². The van der Waals surface area contributed by atoms with Gasteiger partial charge >= 0.3 is 0 Å². The molecule has 0 aliphatic carbocycles. The second kappa shape index (κ2) is 4.25. The molecule has 1 heterocycles. The maximum atomic E-state index is 3.34. The highest BCUT2D eigenvalue weighted by Crippen LogP contribution is 2.22. The van der Waals surface area contributed by atoms with Gasteiger partial charge in [-0.2, -0.15) is 0 Å². The first kappa shape index (κ1) is 10.7. The molecule has 1 rings (SSSR count). The molecule has 1 nitrogen and oxygen atoms in total. The van der Waals surface area contributed by atoms with Crippen LogP contribution in [0, 0.1) is 0 Å². The van der Waals surface area contributed by atoms with Gasteiger partial charge in [0.2, 0.25) is 0 Å². The molecular formula is C11H19NS. The molecule has 0 spiro atoms. The predicted octanol–water partition coefficient (Wildman–Crippen LogP) is 2.85. The standard InChI is InChI=1S/C11H19NS/c1-5-9-6-7-13-10(9)8-11(2,3)12-4/h6-7,12H,5,8H2,1-4H3. The molecule has 1 aromatic heterocycles. The molecular weight excluding hydrogens is 178 g/mol. The van der Waals surface area contributed by atoms with E-state index in [0.29, 0.717) is 0 Å². The third-order valence-electron chi connectivity index (χ3n) is 2.50. The van der Waals surface area contributed by atoms with Crippen molar-refractivity contribution in [2.24, 2.45) is 0 Å². The smallest absolute Gasteiger partial charge is 0.0170 e. The molecule has 0 aliphatic rings. The van der Waals surface area contributed by atoms with E-state index >= 15 is 0 Å². The van der Waals surface area contributed by atoms with E-state index in [0.717, 1.165) is 12.8 Å². The highest BCUT2D eigenvalue weighted by atomic mass is 32.1. The zero-order valence-electron chi connectivity index (χ0n) is 8.98. The normalized spacial score (nSPS) is 12.0. The minimum atomic E-state index is 0.217. The molecule has 0 aliphatic heterocycles. The van der Waals surface area contributed by atoms with Crippen LogP contribution >= 0.6 is 11.3 Å². The molecule has 1 N–H and O–H groups in total. The van der Waals surface area contributed by atoms with Crippen molar-refractivity contribution in [3.63, 3.8) is 0 Å². The topological polar surface area (TPSA) is 12.0 Å². The lowest BCUT2D eigenvalue weighted by atomic mass is 9.98. The molecule has 74 valence electrons. The van der Waals surface area contributed by atoms with Crippen molar-refractivity contribution in [3.8, 4) is 0 Å². The number of rotatable bonds is 4. The Bertz CT molecular complexity index is 263. The summed E-state index contributed by atoms with van der Waals surface area (Å²) >= 11 is 1.88. The molecule has 0 saturated heterocycles. The fourth-order valence-corrected chi connectivity index (χ4v) is 2.53. The SMILES string of the molecule is CCc1ccsc1CC(C)(C)NC. The Morgan fingerprint density at radius 3 is 2.69 bits per heavy atom. The fourth-order valence-electron chi connectivity index (χ4n) is 1.33. The number of likely N-dealkylation sites (N-methyl/N-ethyl adjacent to an activating group) is 1. The monoisotopic (exact) mass is 197 g/mol. The van der Waals surface area contributed by atoms with Crippen LogP contribution in [0.4, 0.5) is 0 Å². The molecule has 0 saturated carbocycles. The third-order valence-corrected chi connectivity index (χ3v) is 3.46. The molecule has 13 heavy (non-hydrogen) atoms. The molecule has 0 unspecified atom stereocenters. The number of nitrogens with one attached hydrogen (secondary N) is 1. The van der Waals surface area contributed by atoms with Crippen molar-refractivity contribution in [1.29, 1.82) is 0 Å². The van der Waals surface area contributed by atoms with E-state index in [2.05, 4.69) is 37.5 Å². The first-order valence-electron chi connectivity index (χ1n) is 4.83. The van der Waals surface area contributed by atoms with Crippen molar-refractivity contribution < 1.29 is 0 Å². The quantitative estimate of drug-likeness (QED) is 0.782. The Kier molecular flexibility index (Phi) is 3.51. The van der Waals surface area contributed by atoms with Gasteiger partial charge < -0.3 is 5.32 Å². The lowest BCUT2D eigenvalue weighted by molar-refractivity contribution is 0.424. The largest absolute Gasteiger partial charge is 0.314 e. The molecule has 0 fully saturated rings. The first-order valence-corrected chi connectivity index (χ1v) is 5.71. The van der Waals surface area contributed by atoms with Gasteiger partial charge in [0, 0.05) is 10.4 Å². The number of thiophene rings is 1. The molecule has 2 heteroatoms. The van der Waals surface area contributed by atoms with Gasteiger partial charge in [-0.15, -0.1) is 11.3 Å². The van der Waals surface area contributed by atoms with Gasteiger partial charge in [-0.25, -0.2) is 0 Å². The average Bonchev–Trinajstić information content (AvgIpc) is 2.51. The van der Waals surface area contributed by atoms with Crippen molar-refractivity contribution in [1.82, 2.24) is 5.32 Å². The van der Waals surface area contributed by atoms with Crippen molar-refractivity contribution in [2.75, 3.05) is 7.05 Å². The highest BCUT2D eigenvalue weighted by Gasteiger charge is 2.17. The summed E-state index contributed by atoms with van der Waals surface area (Å²) in [6, 6.07) is 2.24. The Morgan fingerprint density at radius 1 is 1.46 bits per heavy atom.